The molecule has 2 rings (SSSR count). The molecule has 0 radical (unpaired) electrons. The average molecular weight is 282 g/mol. The number of nitrogens with zero attached hydrogens (tertiary/aromatic N) is 2. The summed E-state index contributed by atoms with van der Waals surface area (Å²) in [5.74, 6) is 0.156. The highest BCUT2D eigenvalue weighted by atomic mass is 32.2. The van der Waals surface area contributed by atoms with Crippen LogP contribution in [0.1, 0.15) is 12.8 Å². The third-order valence-electron chi connectivity index (χ3n) is 3.22. The number of benzene rings is 1. The van der Waals surface area contributed by atoms with Gasteiger partial charge in [-0.1, -0.05) is 12.1 Å². The van der Waals surface area contributed by atoms with Gasteiger partial charge < -0.3 is 4.90 Å². The van der Waals surface area contributed by atoms with Crippen LogP contribution < -0.4 is 4.90 Å². The Morgan fingerprint density at radius 3 is 2.53 bits per heavy atom. The number of piperidine rings is 1. The number of Topliss-reactive ketones (excluding diaryl/α,β-unsaturated/α-hetero) is 1. The molecule has 104 valence electrons. The van der Waals surface area contributed by atoms with Crippen LogP contribution in [0.2, 0.25) is 0 Å². The van der Waals surface area contributed by atoms with E-state index in [4.69, 9.17) is 0 Å². The molecule has 0 N–H and O–H groups in total. The Kier molecular flexibility index (Phi) is 3.91. The van der Waals surface area contributed by atoms with Crippen molar-refractivity contribution in [1.29, 1.82) is 0 Å². The van der Waals surface area contributed by atoms with Gasteiger partial charge in [0.1, 0.15) is 4.90 Å². The van der Waals surface area contributed by atoms with Crippen molar-refractivity contribution >= 4 is 21.5 Å². The molecule has 1 aromatic rings. The molecule has 0 spiro atoms. The van der Waals surface area contributed by atoms with Crippen LogP contribution in [-0.4, -0.2) is 45.7 Å². The number of hydrogen-bond donors (Lipinski definition) is 0. The molecular weight excluding hydrogens is 264 g/mol. The van der Waals surface area contributed by atoms with Gasteiger partial charge in [0.25, 0.3) is 0 Å². The van der Waals surface area contributed by atoms with Crippen molar-refractivity contribution in [3.8, 4) is 0 Å². The highest BCUT2D eigenvalue weighted by Crippen LogP contribution is 2.28. The topological polar surface area (TPSA) is 57.7 Å². The van der Waals surface area contributed by atoms with Crippen molar-refractivity contribution in [3.05, 3.63) is 24.3 Å². The van der Waals surface area contributed by atoms with Crippen molar-refractivity contribution < 1.29 is 13.2 Å². The van der Waals surface area contributed by atoms with E-state index in [1.54, 1.807) is 24.3 Å². The summed E-state index contributed by atoms with van der Waals surface area (Å²) in [6, 6.07) is 6.84. The minimum atomic E-state index is -3.49. The largest absolute Gasteiger partial charge is 0.363 e. The zero-order valence-electron chi connectivity index (χ0n) is 11.2. The van der Waals surface area contributed by atoms with Crippen molar-refractivity contribution in [2.24, 2.45) is 0 Å². The molecule has 0 atom stereocenters. The average Bonchev–Trinajstić information content (AvgIpc) is 2.38. The van der Waals surface area contributed by atoms with E-state index in [9.17, 15) is 13.2 Å². The summed E-state index contributed by atoms with van der Waals surface area (Å²) in [5.41, 5.74) is 0.615. The minimum absolute atomic E-state index is 0.156. The van der Waals surface area contributed by atoms with Crippen LogP contribution >= 0.6 is 0 Å². The first-order valence-corrected chi connectivity index (χ1v) is 7.65. The lowest BCUT2D eigenvalue weighted by Crippen LogP contribution is -2.37. The van der Waals surface area contributed by atoms with Gasteiger partial charge in [-0.05, 0) is 18.6 Å². The number of carbonyl (C=O) groups excluding carboxylic acids is 1. The van der Waals surface area contributed by atoms with Crippen molar-refractivity contribution in [2.75, 3.05) is 32.1 Å². The number of ketones is 1. The maximum absolute atomic E-state index is 12.3. The van der Waals surface area contributed by atoms with Crippen LogP contribution in [0.3, 0.4) is 0 Å². The van der Waals surface area contributed by atoms with Gasteiger partial charge in [-0.3, -0.25) is 4.79 Å². The lowest BCUT2D eigenvalue weighted by molar-refractivity contribution is -0.118. The predicted octanol–water partition coefficient (Wildman–Crippen LogP) is 1.11. The molecule has 1 saturated heterocycles. The third-order valence-corrected chi connectivity index (χ3v) is 5.08. The second-order valence-electron chi connectivity index (χ2n) is 4.82. The molecule has 19 heavy (non-hydrogen) atoms. The molecule has 5 nitrogen and oxygen atoms in total. The van der Waals surface area contributed by atoms with E-state index in [1.165, 1.54) is 18.4 Å². The van der Waals surface area contributed by atoms with E-state index in [1.807, 2.05) is 4.90 Å². The molecule has 1 heterocycles. The summed E-state index contributed by atoms with van der Waals surface area (Å²) < 4.78 is 25.8. The second kappa shape index (κ2) is 5.30. The van der Waals surface area contributed by atoms with E-state index in [-0.39, 0.29) is 10.7 Å². The monoisotopic (exact) mass is 282 g/mol. The summed E-state index contributed by atoms with van der Waals surface area (Å²) in [5, 5.41) is 0. The lowest BCUT2D eigenvalue weighted by Gasteiger charge is -2.30. The summed E-state index contributed by atoms with van der Waals surface area (Å²) in [4.78, 5) is 13.6. The molecule has 1 aliphatic rings. The van der Waals surface area contributed by atoms with Gasteiger partial charge in [0.05, 0.1) is 12.2 Å². The van der Waals surface area contributed by atoms with Crippen molar-refractivity contribution in [1.82, 2.24) is 4.31 Å². The van der Waals surface area contributed by atoms with Gasteiger partial charge in [-0.25, -0.2) is 12.7 Å². The van der Waals surface area contributed by atoms with E-state index in [0.717, 1.165) is 6.42 Å². The first-order chi connectivity index (χ1) is 8.93. The molecule has 1 aliphatic heterocycles. The number of anilines is 1. The Morgan fingerprint density at radius 1 is 1.21 bits per heavy atom. The molecular formula is C13H18N2O3S. The van der Waals surface area contributed by atoms with Gasteiger partial charge in [0.15, 0.2) is 5.78 Å². The van der Waals surface area contributed by atoms with Crippen LogP contribution in [0.4, 0.5) is 5.69 Å². The first kappa shape index (κ1) is 14.0. The fourth-order valence-corrected chi connectivity index (χ4v) is 3.28. The van der Waals surface area contributed by atoms with Crippen LogP contribution in [0, 0.1) is 0 Å². The molecule has 1 aromatic carbocycles. The smallest absolute Gasteiger partial charge is 0.244 e. The van der Waals surface area contributed by atoms with E-state index in [2.05, 4.69) is 0 Å². The number of rotatable bonds is 3. The van der Waals surface area contributed by atoms with Crippen molar-refractivity contribution in [3.63, 3.8) is 0 Å². The zero-order chi connectivity index (χ0) is 14.0. The fourth-order valence-electron chi connectivity index (χ4n) is 2.18. The quantitative estimate of drug-likeness (QED) is 0.833. The molecule has 0 aromatic heterocycles. The van der Waals surface area contributed by atoms with Gasteiger partial charge >= 0.3 is 0 Å². The molecule has 0 bridgehead atoms. The fraction of sp³-hybridized carbons (Fsp3) is 0.462. The van der Waals surface area contributed by atoms with E-state index < -0.39 is 10.0 Å². The Bertz CT molecular complexity index is 581. The van der Waals surface area contributed by atoms with Crippen molar-refractivity contribution in [2.45, 2.75) is 17.7 Å². The number of sulfonamides is 1. The summed E-state index contributed by atoms with van der Waals surface area (Å²) >= 11 is 0. The third kappa shape index (κ3) is 2.79. The summed E-state index contributed by atoms with van der Waals surface area (Å²) in [6.45, 7) is 1.01. The highest BCUT2D eigenvalue weighted by molar-refractivity contribution is 7.89. The van der Waals surface area contributed by atoms with Gasteiger partial charge in [0, 0.05) is 27.1 Å². The SMILES string of the molecule is CN(C)S(=O)(=O)c1ccccc1N1CCCC(=O)C1. The molecule has 6 heteroatoms. The van der Waals surface area contributed by atoms with Crippen LogP contribution in [-0.2, 0) is 14.8 Å². The second-order valence-corrected chi connectivity index (χ2v) is 6.94. The maximum Gasteiger partial charge on any atom is 0.244 e. The predicted molar refractivity (Wildman–Crippen MR) is 73.8 cm³/mol. The first-order valence-electron chi connectivity index (χ1n) is 6.21. The standard InChI is InChI=1S/C13H18N2O3S/c1-14(2)19(17,18)13-8-4-3-7-12(13)15-9-5-6-11(16)10-15/h3-4,7-8H,5-6,9-10H2,1-2H3. The zero-order valence-corrected chi connectivity index (χ0v) is 12.0. The lowest BCUT2D eigenvalue weighted by atomic mass is 10.1. The molecule has 0 unspecified atom stereocenters. The molecule has 0 amide bonds. The van der Waals surface area contributed by atoms with E-state index >= 15 is 0 Å². The Balaban J connectivity index is 2.44. The maximum atomic E-state index is 12.3. The summed E-state index contributed by atoms with van der Waals surface area (Å²) in [7, 11) is -0.479. The summed E-state index contributed by atoms with van der Waals surface area (Å²) in [6.07, 6.45) is 1.36. The molecule has 1 fully saturated rings. The Labute approximate surface area is 113 Å². The number of para-hydroxylation sites is 1. The highest BCUT2D eigenvalue weighted by Gasteiger charge is 2.26. The number of carbonyl (C=O) groups is 1. The van der Waals surface area contributed by atoms with Gasteiger partial charge in [-0.2, -0.15) is 0 Å². The van der Waals surface area contributed by atoms with Crippen LogP contribution in [0.5, 0.6) is 0 Å². The van der Waals surface area contributed by atoms with Crippen LogP contribution in [0.25, 0.3) is 0 Å². The van der Waals surface area contributed by atoms with Gasteiger partial charge in [-0.15, -0.1) is 0 Å². The number of hydrogen-bond acceptors (Lipinski definition) is 4. The Hall–Kier alpha value is -1.40. The van der Waals surface area contributed by atoms with Gasteiger partial charge in [0.2, 0.25) is 10.0 Å². The van der Waals surface area contributed by atoms with E-state index in [0.29, 0.717) is 25.2 Å². The molecule has 0 aliphatic carbocycles. The minimum Gasteiger partial charge on any atom is -0.363 e. The molecule has 0 saturated carbocycles. The normalized spacial score (nSPS) is 17.0. The van der Waals surface area contributed by atoms with Crippen LogP contribution in [0.15, 0.2) is 29.2 Å². The Morgan fingerprint density at radius 2 is 1.89 bits per heavy atom.